The van der Waals surface area contributed by atoms with Crippen LogP contribution in [0.5, 0.6) is 5.75 Å². The van der Waals surface area contributed by atoms with Crippen LogP contribution in [0.1, 0.15) is 13.8 Å². The van der Waals surface area contributed by atoms with Crippen molar-refractivity contribution in [1.29, 1.82) is 0 Å². The lowest BCUT2D eigenvalue weighted by atomic mass is 10.2. The molecule has 128 valence electrons. The Labute approximate surface area is 142 Å². The van der Waals surface area contributed by atoms with Crippen molar-refractivity contribution in [2.24, 2.45) is 5.92 Å². The van der Waals surface area contributed by atoms with Crippen LogP contribution in [0.4, 0.5) is 5.69 Å². The fourth-order valence-electron chi connectivity index (χ4n) is 1.89. The normalized spacial score (nSPS) is 10.7. The average Bonchev–Trinajstić information content (AvgIpc) is 2.45. The molecule has 0 unspecified atom stereocenters. The molecular formula is C16H24ClN3O3. The number of nitrogens with one attached hydrogen (secondary N) is 2. The van der Waals surface area contributed by atoms with Gasteiger partial charge in [0.15, 0.2) is 0 Å². The molecule has 0 aromatic heterocycles. The number of likely N-dealkylation sites (N-methyl/N-ethyl adjacent to an activating group) is 1. The molecule has 0 spiro atoms. The van der Waals surface area contributed by atoms with Gasteiger partial charge in [0, 0.05) is 11.6 Å². The van der Waals surface area contributed by atoms with Crippen LogP contribution in [0, 0.1) is 5.92 Å². The summed E-state index contributed by atoms with van der Waals surface area (Å²) in [5.41, 5.74) is 0.502. The summed E-state index contributed by atoms with van der Waals surface area (Å²) < 4.78 is 5.17. The minimum atomic E-state index is -0.246. The molecule has 0 heterocycles. The van der Waals surface area contributed by atoms with E-state index in [9.17, 15) is 9.59 Å². The Morgan fingerprint density at radius 1 is 1.26 bits per heavy atom. The second-order valence-corrected chi connectivity index (χ2v) is 6.20. The zero-order valence-corrected chi connectivity index (χ0v) is 14.7. The average molecular weight is 342 g/mol. The molecule has 0 aliphatic rings. The van der Waals surface area contributed by atoms with Crippen LogP contribution < -0.4 is 15.4 Å². The zero-order chi connectivity index (χ0) is 17.4. The fourth-order valence-corrected chi connectivity index (χ4v) is 2.06. The van der Waals surface area contributed by atoms with Crippen LogP contribution in [-0.2, 0) is 9.59 Å². The van der Waals surface area contributed by atoms with E-state index in [1.807, 2.05) is 13.8 Å². The molecule has 2 amide bonds. The number of anilines is 1. The number of methoxy groups -OCH3 is 1. The Hall–Kier alpha value is -1.79. The van der Waals surface area contributed by atoms with E-state index in [1.54, 1.807) is 30.1 Å². The number of hydrogen-bond donors (Lipinski definition) is 2. The van der Waals surface area contributed by atoms with Gasteiger partial charge in [-0.25, -0.2) is 0 Å². The van der Waals surface area contributed by atoms with Crippen molar-refractivity contribution in [3.8, 4) is 5.75 Å². The molecule has 0 bridgehead atoms. The van der Waals surface area contributed by atoms with E-state index in [2.05, 4.69) is 10.6 Å². The summed E-state index contributed by atoms with van der Waals surface area (Å²) in [6, 6.07) is 4.98. The molecule has 1 aromatic carbocycles. The van der Waals surface area contributed by atoms with Gasteiger partial charge in [-0.05, 0) is 31.2 Å². The molecular weight excluding hydrogens is 318 g/mol. The number of carbonyl (C=O) groups is 2. The molecule has 6 nitrogen and oxygen atoms in total. The Morgan fingerprint density at radius 3 is 2.52 bits per heavy atom. The predicted molar refractivity (Wildman–Crippen MR) is 92.0 cm³/mol. The van der Waals surface area contributed by atoms with E-state index in [4.69, 9.17) is 16.3 Å². The highest BCUT2D eigenvalue weighted by Gasteiger charge is 2.13. The number of amides is 2. The van der Waals surface area contributed by atoms with Crippen LogP contribution in [0.3, 0.4) is 0 Å². The number of ether oxygens (including phenoxy) is 1. The molecule has 1 rings (SSSR count). The van der Waals surface area contributed by atoms with Crippen molar-refractivity contribution in [1.82, 2.24) is 10.2 Å². The second kappa shape index (κ2) is 9.37. The fraction of sp³-hybridized carbons (Fsp3) is 0.500. The third-order valence-electron chi connectivity index (χ3n) is 2.97. The monoisotopic (exact) mass is 341 g/mol. The smallest absolute Gasteiger partial charge is 0.238 e. The van der Waals surface area contributed by atoms with Gasteiger partial charge in [0.25, 0.3) is 0 Å². The summed E-state index contributed by atoms with van der Waals surface area (Å²) >= 11 is 5.92. The molecule has 23 heavy (non-hydrogen) atoms. The van der Waals surface area contributed by atoms with Gasteiger partial charge < -0.3 is 15.4 Å². The van der Waals surface area contributed by atoms with Gasteiger partial charge in [-0.1, -0.05) is 25.4 Å². The number of halogens is 1. The lowest BCUT2D eigenvalue weighted by molar-refractivity contribution is -0.123. The summed E-state index contributed by atoms with van der Waals surface area (Å²) in [7, 11) is 3.23. The zero-order valence-electron chi connectivity index (χ0n) is 14.0. The van der Waals surface area contributed by atoms with Gasteiger partial charge in [0.1, 0.15) is 5.75 Å². The first-order valence-electron chi connectivity index (χ1n) is 7.40. The number of carbonyl (C=O) groups excluding carboxylic acids is 2. The Balaban J connectivity index is 2.50. The highest BCUT2D eigenvalue weighted by atomic mass is 35.5. The first kappa shape index (κ1) is 19.3. The Bertz CT molecular complexity index is 549. The maximum atomic E-state index is 12.1. The molecule has 7 heteroatoms. The summed E-state index contributed by atoms with van der Waals surface area (Å²) in [5.74, 6) is 0.571. The first-order valence-corrected chi connectivity index (χ1v) is 7.78. The van der Waals surface area contributed by atoms with Gasteiger partial charge in [0.2, 0.25) is 11.8 Å². The third kappa shape index (κ3) is 7.34. The second-order valence-electron chi connectivity index (χ2n) is 5.76. The maximum Gasteiger partial charge on any atom is 0.238 e. The van der Waals surface area contributed by atoms with Crippen molar-refractivity contribution in [3.05, 3.63) is 23.2 Å². The van der Waals surface area contributed by atoms with Gasteiger partial charge in [-0.15, -0.1) is 0 Å². The third-order valence-corrected chi connectivity index (χ3v) is 3.21. The minimum absolute atomic E-state index is 0.0881. The molecule has 0 aliphatic carbocycles. The SMILES string of the molecule is COc1ccc(Cl)cc1NC(=O)CN(C)CC(=O)NCC(C)C. The molecule has 2 N–H and O–H groups in total. The Morgan fingerprint density at radius 2 is 1.91 bits per heavy atom. The van der Waals surface area contributed by atoms with Crippen molar-refractivity contribution >= 4 is 29.1 Å². The largest absolute Gasteiger partial charge is 0.495 e. The standard InChI is InChI=1S/C16H24ClN3O3/c1-11(2)8-18-15(21)9-20(3)10-16(22)19-13-7-12(17)5-6-14(13)23-4/h5-7,11H,8-10H2,1-4H3,(H,18,21)(H,19,22). The van der Waals surface area contributed by atoms with Crippen molar-refractivity contribution < 1.29 is 14.3 Å². The van der Waals surface area contributed by atoms with E-state index >= 15 is 0 Å². The first-order chi connectivity index (χ1) is 10.8. The van der Waals surface area contributed by atoms with E-state index in [0.29, 0.717) is 28.9 Å². The number of rotatable bonds is 8. The van der Waals surface area contributed by atoms with Crippen LogP contribution in [-0.4, -0.2) is 50.5 Å². The maximum absolute atomic E-state index is 12.1. The summed E-state index contributed by atoms with van der Waals surface area (Å²) in [5, 5.41) is 6.05. The van der Waals surface area contributed by atoms with Crippen LogP contribution in [0.15, 0.2) is 18.2 Å². The van der Waals surface area contributed by atoms with E-state index in [1.165, 1.54) is 7.11 Å². The van der Waals surface area contributed by atoms with Gasteiger partial charge >= 0.3 is 0 Å². The molecule has 0 aliphatic heterocycles. The van der Waals surface area contributed by atoms with Gasteiger partial charge in [-0.3, -0.25) is 14.5 Å². The molecule has 0 radical (unpaired) electrons. The summed E-state index contributed by atoms with van der Waals surface area (Å²) in [6.07, 6.45) is 0. The number of hydrogen-bond acceptors (Lipinski definition) is 4. The number of benzene rings is 1. The minimum Gasteiger partial charge on any atom is -0.495 e. The molecule has 0 atom stereocenters. The van der Waals surface area contributed by atoms with Crippen molar-refractivity contribution in [2.75, 3.05) is 39.1 Å². The van der Waals surface area contributed by atoms with E-state index in [0.717, 1.165) is 0 Å². The topological polar surface area (TPSA) is 70.7 Å². The van der Waals surface area contributed by atoms with E-state index in [-0.39, 0.29) is 24.9 Å². The van der Waals surface area contributed by atoms with E-state index < -0.39 is 0 Å². The highest BCUT2D eigenvalue weighted by molar-refractivity contribution is 6.31. The summed E-state index contributed by atoms with van der Waals surface area (Å²) in [4.78, 5) is 25.4. The quantitative estimate of drug-likeness (QED) is 0.758. The molecule has 0 saturated carbocycles. The van der Waals surface area contributed by atoms with Crippen LogP contribution >= 0.6 is 11.6 Å². The lowest BCUT2D eigenvalue weighted by Gasteiger charge is -2.17. The van der Waals surface area contributed by atoms with Crippen LogP contribution in [0.2, 0.25) is 5.02 Å². The predicted octanol–water partition coefficient (Wildman–Crippen LogP) is 1.99. The van der Waals surface area contributed by atoms with Gasteiger partial charge in [-0.2, -0.15) is 0 Å². The molecule has 0 fully saturated rings. The molecule has 1 aromatic rings. The molecule has 0 saturated heterocycles. The number of nitrogens with zero attached hydrogens (tertiary/aromatic N) is 1. The van der Waals surface area contributed by atoms with Crippen molar-refractivity contribution in [3.63, 3.8) is 0 Å². The van der Waals surface area contributed by atoms with Crippen LogP contribution in [0.25, 0.3) is 0 Å². The van der Waals surface area contributed by atoms with Crippen molar-refractivity contribution in [2.45, 2.75) is 13.8 Å². The Kier molecular flexibility index (Phi) is 7.85. The van der Waals surface area contributed by atoms with Gasteiger partial charge in [0.05, 0.1) is 25.9 Å². The highest BCUT2D eigenvalue weighted by Crippen LogP contribution is 2.27. The lowest BCUT2D eigenvalue weighted by Crippen LogP contribution is -2.39. The summed E-state index contributed by atoms with van der Waals surface area (Å²) in [6.45, 7) is 4.92.